The van der Waals surface area contributed by atoms with E-state index in [-0.39, 0.29) is 5.43 Å². The van der Waals surface area contributed by atoms with Gasteiger partial charge in [-0.05, 0) is 37.4 Å². The Bertz CT molecular complexity index is 977. The molecule has 6 heteroatoms. The molecule has 0 aliphatic rings. The van der Waals surface area contributed by atoms with Crippen LogP contribution in [-0.4, -0.2) is 43.2 Å². The van der Waals surface area contributed by atoms with Crippen molar-refractivity contribution >= 4 is 33.2 Å². The predicted molar refractivity (Wildman–Crippen MR) is 109 cm³/mol. The molecule has 138 valence electrons. The van der Waals surface area contributed by atoms with Crippen LogP contribution in [-0.2, 0) is 0 Å². The van der Waals surface area contributed by atoms with Crippen molar-refractivity contribution in [2.75, 3.05) is 44.3 Å². The fourth-order valence-corrected chi connectivity index (χ4v) is 3.30. The lowest BCUT2D eigenvalue weighted by molar-refractivity contribution is 0.316. The number of aromatic nitrogens is 1. The number of fused-ring (bicyclic) bond motifs is 2. The predicted octanol–water partition coefficient (Wildman–Crippen LogP) is 3.03. The normalized spacial score (nSPS) is 11.4. The third-order valence-electron chi connectivity index (χ3n) is 4.84. The smallest absolute Gasteiger partial charge is 0.199 e. The number of anilines is 2. The zero-order valence-corrected chi connectivity index (χ0v) is 15.6. The number of rotatable bonds is 7. The fraction of sp³-hybridized carbons (Fsp3) is 0.350. The van der Waals surface area contributed by atoms with Gasteiger partial charge in [0.25, 0.3) is 0 Å². The number of nitrogens with two attached hydrogens (primary N) is 1. The van der Waals surface area contributed by atoms with Crippen LogP contribution in [0.5, 0.6) is 5.75 Å². The molecule has 0 aliphatic heterocycles. The third-order valence-corrected chi connectivity index (χ3v) is 4.84. The largest absolute Gasteiger partial charge is 0.495 e. The molecule has 0 amide bonds. The first-order valence-corrected chi connectivity index (χ1v) is 8.98. The summed E-state index contributed by atoms with van der Waals surface area (Å²) < 4.78 is 5.39. The van der Waals surface area contributed by atoms with Gasteiger partial charge >= 0.3 is 0 Å². The van der Waals surface area contributed by atoms with Crippen LogP contribution in [0.3, 0.4) is 0 Å². The maximum atomic E-state index is 13.2. The molecule has 3 rings (SSSR count). The highest BCUT2D eigenvalue weighted by atomic mass is 16.5. The van der Waals surface area contributed by atoms with Crippen molar-refractivity contribution in [3.8, 4) is 5.75 Å². The van der Waals surface area contributed by atoms with Gasteiger partial charge in [0.1, 0.15) is 5.75 Å². The first-order valence-electron chi connectivity index (χ1n) is 8.98. The summed E-state index contributed by atoms with van der Waals surface area (Å²) in [6.07, 6.45) is 0. The molecule has 1 aromatic heterocycles. The second-order valence-electron chi connectivity index (χ2n) is 6.24. The molecule has 2 aromatic carbocycles. The van der Waals surface area contributed by atoms with Gasteiger partial charge < -0.3 is 25.7 Å². The van der Waals surface area contributed by atoms with E-state index >= 15 is 0 Å². The van der Waals surface area contributed by atoms with Crippen LogP contribution in [0, 0.1) is 0 Å². The van der Waals surface area contributed by atoms with Gasteiger partial charge in [0, 0.05) is 24.2 Å². The minimum Gasteiger partial charge on any atom is -0.495 e. The average molecular weight is 354 g/mol. The molecule has 26 heavy (non-hydrogen) atoms. The Hall–Kier alpha value is -2.73. The van der Waals surface area contributed by atoms with Crippen molar-refractivity contribution < 1.29 is 4.74 Å². The van der Waals surface area contributed by atoms with Crippen molar-refractivity contribution in [2.45, 2.75) is 13.8 Å². The number of nitrogen functional groups attached to an aromatic ring is 1. The molecule has 0 spiro atoms. The van der Waals surface area contributed by atoms with E-state index in [0.29, 0.717) is 33.2 Å². The summed E-state index contributed by atoms with van der Waals surface area (Å²) in [5.41, 5.74) is 8.74. The maximum absolute atomic E-state index is 13.2. The van der Waals surface area contributed by atoms with Crippen LogP contribution in [0.2, 0.25) is 0 Å². The maximum Gasteiger partial charge on any atom is 0.199 e. The van der Waals surface area contributed by atoms with E-state index in [9.17, 15) is 4.79 Å². The summed E-state index contributed by atoms with van der Waals surface area (Å²) in [7, 11) is 1.59. The zero-order valence-electron chi connectivity index (χ0n) is 15.6. The molecular weight excluding hydrogens is 328 g/mol. The van der Waals surface area contributed by atoms with Gasteiger partial charge in [0.05, 0.1) is 29.2 Å². The van der Waals surface area contributed by atoms with Gasteiger partial charge in [0.15, 0.2) is 5.43 Å². The number of hydrogen-bond donors (Lipinski definition) is 3. The SMILES string of the molecule is CCN(CC)CCNc1ccc(N)c2[nH]c3c(OC)cccc3c(=O)c12. The van der Waals surface area contributed by atoms with Gasteiger partial charge in [-0.3, -0.25) is 4.79 Å². The summed E-state index contributed by atoms with van der Waals surface area (Å²) in [5.74, 6) is 0.626. The number of pyridine rings is 1. The number of benzene rings is 2. The summed E-state index contributed by atoms with van der Waals surface area (Å²) in [4.78, 5) is 18.8. The van der Waals surface area contributed by atoms with Crippen LogP contribution in [0.4, 0.5) is 11.4 Å². The number of likely N-dealkylation sites (N-methyl/N-ethyl adjacent to an activating group) is 1. The number of nitrogens with zero attached hydrogens (tertiary/aromatic N) is 1. The molecule has 0 saturated carbocycles. The van der Waals surface area contributed by atoms with Crippen molar-refractivity contribution in [3.63, 3.8) is 0 Å². The number of H-pyrrole nitrogens is 1. The van der Waals surface area contributed by atoms with Crippen LogP contribution in [0.1, 0.15) is 13.8 Å². The van der Waals surface area contributed by atoms with E-state index in [0.717, 1.165) is 31.9 Å². The molecule has 0 fully saturated rings. The lowest BCUT2D eigenvalue weighted by atomic mass is 10.1. The Balaban J connectivity index is 2.10. The Morgan fingerprint density at radius 2 is 1.92 bits per heavy atom. The Morgan fingerprint density at radius 1 is 1.15 bits per heavy atom. The van der Waals surface area contributed by atoms with Crippen LogP contribution in [0.15, 0.2) is 35.1 Å². The molecule has 0 atom stereocenters. The number of ether oxygens (including phenoxy) is 1. The van der Waals surface area contributed by atoms with Crippen molar-refractivity contribution in [2.24, 2.45) is 0 Å². The minimum atomic E-state index is -0.0507. The van der Waals surface area contributed by atoms with Crippen molar-refractivity contribution in [3.05, 3.63) is 40.6 Å². The van der Waals surface area contributed by atoms with Crippen molar-refractivity contribution in [1.29, 1.82) is 0 Å². The Morgan fingerprint density at radius 3 is 2.62 bits per heavy atom. The standard InChI is InChI=1S/C20H26N4O2/c1-4-24(5-2)12-11-22-15-10-9-14(21)19-17(15)20(25)13-7-6-8-16(26-3)18(13)23-19/h6-10,22H,4-5,11-12,21H2,1-3H3,(H,23,25). The lowest BCUT2D eigenvalue weighted by Gasteiger charge is -2.19. The number of hydrogen-bond acceptors (Lipinski definition) is 5. The van der Waals surface area contributed by atoms with E-state index in [1.54, 1.807) is 13.2 Å². The summed E-state index contributed by atoms with van der Waals surface area (Å²) in [5, 5.41) is 4.58. The molecule has 0 aliphatic carbocycles. The van der Waals surface area contributed by atoms with E-state index in [4.69, 9.17) is 10.5 Å². The van der Waals surface area contributed by atoms with Crippen LogP contribution in [0.25, 0.3) is 21.8 Å². The first-order chi connectivity index (χ1) is 12.6. The highest BCUT2D eigenvalue weighted by Gasteiger charge is 2.14. The minimum absolute atomic E-state index is 0.0507. The molecule has 0 radical (unpaired) electrons. The molecule has 0 saturated heterocycles. The van der Waals surface area contributed by atoms with Gasteiger partial charge in [-0.2, -0.15) is 0 Å². The zero-order chi connectivity index (χ0) is 18.7. The topological polar surface area (TPSA) is 83.4 Å². The summed E-state index contributed by atoms with van der Waals surface area (Å²) >= 11 is 0. The van der Waals surface area contributed by atoms with Crippen LogP contribution < -0.4 is 21.2 Å². The van der Waals surface area contributed by atoms with E-state index in [1.807, 2.05) is 24.3 Å². The molecule has 6 nitrogen and oxygen atoms in total. The monoisotopic (exact) mass is 354 g/mol. The van der Waals surface area contributed by atoms with Gasteiger partial charge in [0.2, 0.25) is 0 Å². The average Bonchev–Trinajstić information content (AvgIpc) is 2.67. The first kappa shape index (κ1) is 18.1. The summed E-state index contributed by atoms with van der Waals surface area (Å²) in [6, 6.07) is 9.15. The van der Waals surface area contributed by atoms with Crippen molar-refractivity contribution in [1.82, 2.24) is 9.88 Å². The summed E-state index contributed by atoms with van der Waals surface area (Å²) in [6.45, 7) is 7.98. The highest BCUT2D eigenvalue weighted by molar-refractivity contribution is 6.05. The number of aromatic amines is 1. The molecule has 1 heterocycles. The molecule has 0 bridgehead atoms. The Labute approximate surface area is 152 Å². The van der Waals surface area contributed by atoms with E-state index in [2.05, 4.69) is 29.0 Å². The molecule has 0 unspecified atom stereocenters. The third kappa shape index (κ3) is 3.20. The highest BCUT2D eigenvalue weighted by Crippen LogP contribution is 2.29. The molecule has 3 aromatic rings. The second-order valence-corrected chi connectivity index (χ2v) is 6.24. The second kappa shape index (κ2) is 7.66. The molecular formula is C20H26N4O2. The van der Waals surface area contributed by atoms with Gasteiger partial charge in [-0.1, -0.05) is 19.9 Å². The quantitative estimate of drug-likeness (QED) is 0.449. The van der Waals surface area contributed by atoms with Gasteiger partial charge in [-0.25, -0.2) is 0 Å². The van der Waals surface area contributed by atoms with Crippen LogP contribution >= 0.6 is 0 Å². The number of para-hydroxylation sites is 1. The number of nitrogens with one attached hydrogen (secondary N) is 2. The van der Waals surface area contributed by atoms with E-state index in [1.165, 1.54) is 0 Å². The number of methoxy groups -OCH3 is 1. The Kier molecular flexibility index (Phi) is 5.32. The van der Waals surface area contributed by atoms with Gasteiger partial charge in [-0.15, -0.1) is 0 Å². The lowest BCUT2D eigenvalue weighted by Crippen LogP contribution is -2.28. The molecule has 4 N–H and O–H groups in total. The van der Waals surface area contributed by atoms with E-state index < -0.39 is 0 Å². The fourth-order valence-electron chi connectivity index (χ4n) is 3.30.